The van der Waals surface area contributed by atoms with E-state index < -0.39 is 28.9 Å². The molecule has 0 spiro atoms. The summed E-state index contributed by atoms with van der Waals surface area (Å²) >= 11 is 0. The summed E-state index contributed by atoms with van der Waals surface area (Å²) < 4.78 is 10.4. The highest BCUT2D eigenvalue weighted by atomic mass is 16.6. The summed E-state index contributed by atoms with van der Waals surface area (Å²) in [4.78, 5) is 40.5. The van der Waals surface area contributed by atoms with Gasteiger partial charge in [0.25, 0.3) is 5.91 Å². The number of fused-ring (bicyclic) bond motifs is 1. The van der Waals surface area contributed by atoms with Crippen LogP contribution in [0.1, 0.15) is 25.0 Å². The molecule has 2 aromatic rings. The Morgan fingerprint density at radius 3 is 2.42 bits per heavy atom. The maximum absolute atomic E-state index is 13.5. The van der Waals surface area contributed by atoms with Gasteiger partial charge in [-0.1, -0.05) is 48.5 Å². The number of esters is 1. The van der Waals surface area contributed by atoms with Crippen molar-refractivity contribution in [1.82, 2.24) is 5.32 Å². The van der Waals surface area contributed by atoms with E-state index in [-0.39, 0.29) is 13.2 Å². The van der Waals surface area contributed by atoms with Gasteiger partial charge in [-0.3, -0.25) is 9.59 Å². The van der Waals surface area contributed by atoms with Crippen molar-refractivity contribution >= 4 is 23.7 Å². The van der Waals surface area contributed by atoms with E-state index in [2.05, 4.69) is 5.32 Å². The quantitative estimate of drug-likeness (QED) is 0.719. The summed E-state index contributed by atoms with van der Waals surface area (Å²) in [6.07, 6.45) is -0.937. The second-order valence-electron chi connectivity index (χ2n) is 7.28. The number of para-hydroxylation sites is 1. The first-order valence-electron chi connectivity index (χ1n) is 9.76. The summed E-state index contributed by atoms with van der Waals surface area (Å²) in [5.74, 6) is -1.55. The SMILES string of the molecule is CCOC(=O)C(C)(C#N)C1(NC(=O)OCc2ccccc2)C(=O)N(C)c2ccccc21. The van der Waals surface area contributed by atoms with Crippen molar-refractivity contribution < 1.29 is 23.9 Å². The number of ether oxygens (including phenoxy) is 2. The highest BCUT2D eigenvalue weighted by Gasteiger charge is 2.67. The standard InChI is InChI=1S/C23H23N3O5/c1-4-30-20(28)22(2,15-24)23(17-12-8-9-13-18(17)26(3)19(23)27)25-21(29)31-14-16-10-6-5-7-11-16/h5-13H,4,14H2,1-3H3,(H,25,29). The lowest BCUT2D eigenvalue weighted by Gasteiger charge is -2.38. The number of nitrogens with zero attached hydrogens (tertiary/aromatic N) is 2. The zero-order valence-corrected chi connectivity index (χ0v) is 17.5. The first-order chi connectivity index (χ1) is 14.8. The van der Waals surface area contributed by atoms with Gasteiger partial charge < -0.3 is 19.7 Å². The monoisotopic (exact) mass is 421 g/mol. The summed E-state index contributed by atoms with van der Waals surface area (Å²) in [7, 11) is 1.52. The smallest absolute Gasteiger partial charge is 0.408 e. The maximum atomic E-state index is 13.5. The predicted molar refractivity (Wildman–Crippen MR) is 112 cm³/mol. The number of carbonyl (C=O) groups excluding carboxylic acids is 3. The highest BCUT2D eigenvalue weighted by molar-refractivity contribution is 6.12. The fourth-order valence-corrected chi connectivity index (χ4v) is 3.76. The van der Waals surface area contributed by atoms with Crippen LogP contribution in [0.25, 0.3) is 0 Å². The number of likely N-dealkylation sites (N-methyl/N-ethyl adjacent to an activating group) is 1. The zero-order valence-electron chi connectivity index (χ0n) is 17.5. The number of rotatable bonds is 6. The van der Waals surface area contributed by atoms with Crippen molar-refractivity contribution in [3.05, 3.63) is 65.7 Å². The Labute approximate surface area is 180 Å². The summed E-state index contributed by atoms with van der Waals surface area (Å²) in [5, 5.41) is 12.6. The predicted octanol–water partition coefficient (Wildman–Crippen LogP) is 2.88. The van der Waals surface area contributed by atoms with E-state index in [1.165, 1.54) is 18.9 Å². The molecule has 1 aliphatic rings. The van der Waals surface area contributed by atoms with Crippen molar-refractivity contribution in [1.29, 1.82) is 5.26 Å². The molecule has 1 heterocycles. The van der Waals surface area contributed by atoms with Crippen molar-refractivity contribution in [2.24, 2.45) is 5.41 Å². The zero-order chi connectivity index (χ0) is 22.6. The molecule has 31 heavy (non-hydrogen) atoms. The first-order valence-corrected chi connectivity index (χ1v) is 9.76. The number of nitrogens with one attached hydrogen (secondary N) is 1. The van der Waals surface area contributed by atoms with Gasteiger partial charge in [0.15, 0.2) is 11.0 Å². The normalized spacial score (nSPS) is 19.0. The largest absolute Gasteiger partial charge is 0.465 e. The minimum absolute atomic E-state index is 0.0102. The molecule has 3 rings (SSSR count). The van der Waals surface area contributed by atoms with Gasteiger partial charge in [-0.2, -0.15) is 5.26 Å². The Hall–Kier alpha value is -3.86. The number of carbonyl (C=O) groups is 3. The van der Waals surface area contributed by atoms with Gasteiger partial charge in [-0.15, -0.1) is 0 Å². The average Bonchev–Trinajstić information content (AvgIpc) is 3.01. The minimum atomic E-state index is -2.05. The highest BCUT2D eigenvalue weighted by Crippen LogP contribution is 2.50. The topological polar surface area (TPSA) is 109 Å². The Bertz CT molecular complexity index is 1050. The van der Waals surface area contributed by atoms with Crippen LogP contribution < -0.4 is 10.2 Å². The second kappa shape index (κ2) is 8.48. The third-order valence-electron chi connectivity index (χ3n) is 5.45. The Morgan fingerprint density at radius 2 is 1.77 bits per heavy atom. The van der Waals surface area contributed by atoms with Crippen LogP contribution in [0.2, 0.25) is 0 Å². The van der Waals surface area contributed by atoms with Crippen molar-refractivity contribution in [2.75, 3.05) is 18.6 Å². The number of amides is 2. The van der Waals surface area contributed by atoms with E-state index in [0.29, 0.717) is 11.3 Å². The molecule has 0 radical (unpaired) electrons. The fraction of sp³-hybridized carbons (Fsp3) is 0.304. The van der Waals surface area contributed by atoms with Crippen LogP contribution in [0.4, 0.5) is 10.5 Å². The minimum Gasteiger partial charge on any atom is -0.465 e. The molecule has 2 aromatic carbocycles. The van der Waals surface area contributed by atoms with Gasteiger partial charge in [-0.05, 0) is 25.5 Å². The first kappa shape index (κ1) is 21.8. The van der Waals surface area contributed by atoms with E-state index in [0.717, 1.165) is 5.56 Å². The molecule has 0 bridgehead atoms. The second-order valence-corrected chi connectivity index (χ2v) is 7.28. The molecule has 8 nitrogen and oxygen atoms in total. The molecular formula is C23H23N3O5. The molecule has 160 valence electrons. The number of anilines is 1. The van der Waals surface area contributed by atoms with Crippen LogP contribution in [0.15, 0.2) is 54.6 Å². The third kappa shape index (κ3) is 3.48. The van der Waals surface area contributed by atoms with E-state index in [1.54, 1.807) is 55.5 Å². The maximum Gasteiger partial charge on any atom is 0.408 e. The lowest BCUT2D eigenvalue weighted by Crippen LogP contribution is -2.64. The third-order valence-corrected chi connectivity index (χ3v) is 5.45. The van der Waals surface area contributed by atoms with Crippen molar-refractivity contribution in [2.45, 2.75) is 26.0 Å². The molecule has 1 N–H and O–H groups in total. The Morgan fingerprint density at radius 1 is 1.13 bits per heavy atom. The van der Waals surface area contributed by atoms with Crippen LogP contribution in [0.5, 0.6) is 0 Å². The Balaban J connectivity index is 2.06. The number of hydrogen-bond acceptors (Lipinski definition) is 6. The molecule has 0 aliphatic carbocycles. The van der Waals surface area contributed by atoms with Gasteiger partial charge in [0.2, 0.25) is 0 Å². The van der Waals surface area contributed by atoms with Crippen LogP contribution in [0, 0.1) is 16.7 Å². The number of hydrogen-bond donors (Lipinski definition) is 1. The van der Waals surface area contributed by atoms with E-state index >= 15 is 0 Å². The van der Waals surface area contributed by atoms with Gasteiger partial charge in [0, 0.05) is 18.3 Å². The van der Waals surface area contributed by atoms with E-state index in [4.69, 9.17) is 9.47 Å². The van der Waals surface area contributed by atoms with Gasteiger partial charge >= 0.3 is 12.1 Å². The Kier molecular flexibility index (Phi) is 5.97. The number of nitriles is 1. The molecule has 0 fully saturated rings. The number of benzene rings is 2. The van der Waals surface area contributed by atoms with Gasteiger partial charge in [-0.25, -0.2) is 4.79 Å². The van der Waals surface area contributed by atoms with E-state index in [1.807, 2.05) is 12.1 Å². The van der Waals surface area contributed by atoms with Crippen LogP contribution in [0.3, 0.4) is 0 Å². The molecule has 1 aliphatic heterocycles. The van der Waals surface area contributed by atoms with E-state index in [9.17, 15) is 19.6 Å². The lowest BCUT2D eigenvalue weighted by molar-refractivity contribution is -0.158. The van der Waals surface area contributed by atoms with Gasteiger partial charge in [0.1, 0.15) is 6.61 Å². The van der Waals surface area contributed by atoms with Crippen LogP contribution >= 0.6 is 0 Å². The molecule has 8 heteroatoms. The summed E-state index contributed by atoms with van der Waals surface area (Å²) in [6, 6.07) is 17.6. The molecule has 2 amide bonds. The molecule has 0 saturated heterocycles. The van der Waals surface area contributed by atoms with Crippen molar-refractivity contribution in [3.63, 3.8) is 0 Å². The molecule has 0 saturated carbocycles. The number of alkyl carbamates (subject to hydrolysis) is 1. The fourth-order valence-electron chi connectivity index (χ4n) is 3.76. The molecule has 2 unspecified atom stereocenters. The van der Waals surface area contributed by atoms with Crippen molar-refractivity contribution in [3.8, 4) is 6.07 Å². The molecular weight excluding hydrogens is 398 g/mol. The molecule has 0 aromatic heterocycles. The van der Waals surface area contributed by atoms with Crippen LogP contribution in [-0.4, -0.2) is 31.6 Å². The summed E-state index contributed by atoms with van der Waals surface area (Å²) in [6.45, 7) is 2.85. The molecule has 2 atom stereocenters. The lowest BCUT2D eigenvalue weighted by atomic mass is 9.68. The summed E-state index contributed by atoms with van der Waals surface area (Å²) in [5.41, 5.74) is -2.53. The van der Waals surface area contributed by atoms with Gasteiger partial charge in [0.05, 0.1) is 12.7 Å². The average molecular weight is 421 g/mol. The van der Waals surface area contributed by atoms with Crippen LogP contribution in [-0.2, 0) is 31.2 Å².